The van der Waals surface area contributed by atoms with Crippen molar-refractivity contribution in [2.75, 3.05) is 6.54 Å². The number of aliphatic carboxylic acids is 1. The lowest BCUT2D eigenvalue weighted by atomic mass is 10.1. The number of nitrogens with one attached hydrogen (secondary N) is 1. The second-order valence-electron chi connectivity index (χ2n) is 2.62. The van der Waals surface area contributed by atoms with E-state index in [4.69, 9.17) is 11.5 Å². The van der Waals surface area contributed by atoms with E-state index >= 15 is 0 Å². The van der Waals surface area contributed by atoms with Crippen LogP contribution in [0.25, 0.3) is 0 Å². The molecule has 0 aliphatic carbocycles. The molecule has 0 aliphatic heterocycles. The lowest BCUT2D eigenvalue weighted by molar-refractivity contribution is -0.139. The standard InChI is InChI=1S/C9H15NO2/c1-3-5-6-8(9(11)12)10-7-4-2/h2,8,10H,3,5-7H2,1H3,(H,11,12). The van der Waals surface area contributed by atoms with Crippen molar-refractivity contribution in [1.29, 1.82) is 0 Å². The summed E-state index contributed by atoms with van der Waals surface area (Å²) in [5, 5.41) is 11.5. The van der Waals surface area contributed by atoms with E-state index in [2.05, 4.69) is 11.2 Å². The minimum absolute atomic E-state index is 0.320. The van der Waals surface area contributed by atoms with Crippen molar-refractivity contribution in [3.63, 3.8) is 0 Å². The Bertz CT molecular complexity index is 172. The summed E-state index contributed by atoms with van der Waals surface area (Å²) in [6.45, 7) is 2.35. The molecule has 0 saturated carbocycles. The van der Waals surface area contributed by atoms with Crippen molar-refractivity contribution in [3.05, 3.63) is 0 Å². The molecule has 3 heteroatoms. The first-order chi connectivity index (χ1) is 5.72. The van der Waals surface area contributed by atoms with Gasteiger partial charge in [-0.1, -0.05) is 25.7 Å². The van der Waals surface area contributed by atoms with E-state index in [1.54, 1.807) is 0 Å². The topological polar surface area (TPSA) is 49.3 Å². The van der Waals surface area contributed by atoms with Crippen LogP contribution in [-0.4, -0.2) is 23.7 Å². The van der Waals surface area contributed by atoms with Gasteiger partial charge in [0.2, 0.25) is 0 Å². The predicted octanol–water partition coefficient (Wildman–Crippen LogP) is 0.853. The minimum atomic E-state index is -0.821. The van der Waals surface area contributed by atoms with Crippen LogP contribution in [0.5, 0.6) is 0 Å². The molecule has 0 spiro atoms. The Morgan fingerprint density at radius 1 is 1.75 bits per heavy atom. The van der Waals surface area contributed by atoms with Crippen LogP contribution in [0.15, 0.2) is 0 Å². The molecular weight excluding hydrogens is 154 g/mol. The van der Waals surface area contributed by atoms with E-state index in [-0.39, 0.29) is 0 Å². The minimum Gasteiger partial charge on any atom is -0.480 e. The number of carboxylic acids is 1. The van der Waals surface area contributed by atoms with Crippen LogP contribution in [0.1, 0.15) is 26.2 Å². The van der Waals surface area contributed by atoms with Crippen LogP contribution in [0.2, 0.25) is 0 Å². The Balaban J connectivity index is 3.72. The second-order valence-corrected chi connectivity index (χ2v) is 2.62. The van der Waals surface area contributed by atoms with Crippen molar-refractivity contribution in [2.45, 2.75) is 32.2 Å². The zero-order chi connectivity index (χ0) is 9.40. The molecule has 3 nitrogen and oxygen atoms in total. The number of hydrogen-bond acceptors (Lipinski definition) is 2. The highest BCUT2D eigenvalue weighted by atomic mass is 16.4. The fraction of sp³-hybridized carbons (Fsp3) is 0.667. The number of terminal acetylenes is 1. The largest absolute Gasteiger partial charge is 0.480 e. The molecule has 1 unspecified atom stereocenters. The molecular formula is C9H15NO2. The third-order valence-electron chi connectivity index (χ3n) is 1.59. The van der Waals surface area contributed by atoms with Crippen molar-refractivity contribution >= 4 is 5.97 Å². The van der Waals surface area contributed by atoms with Gasteiger partial charge in [-0.05, 0) is 6.42 Å². The van der Waals surface area contributed by atoms with E-state index in [0.29, 0.717) is 13.0 Å². The first-order valence-electron chi connectivity index (χ1n) is 4.12. The first-order valence-corrected chi connectivity index (χ1v) is 4.12. The van der Waals surface area contributed by atoms with Gasteiger partial charge >= 0.3 is 5.97 Å². The number of carbonyl (C=O) groups is 1. The lowest BCUT2D eigenvalue weighted by Gasteiger charge is -2.11. The van der Waals surface area contributed by atoms with Crippen LogP contribution < -0.4 is 5.32 Å². The molecule has 68 valence electrons. The van der Waals surface area contributed by atoms with Crippen LogP contribution in [-0.2, 0) is 4.79 Å². The molecule has 0 aromatic heterocycles. The molecule has 1 atom stereocenters. The molecule has 0 aromatic carbocycles. The molecule has 12 heavy (non-hydrogen) atoms. The molecule has 0 amide bonds. The summed E-state index contributed by atoms with van der Waals surface area (Å²) in [6, 6.07) is -0.485. The monoisotopic (exact) mass is 169 g/mol. The smallest absolute Gasteiger partial charge is 0.320 e. The molecule has 0 aromatic rings. The zero-order valence-corrected chi connectivity index (χ0v) is 7.34. The van der Waals surface area contributed by atoms with Gasteiger partial charge in [0.25, 0.3) is 0 Å². The van der Waals surface area contributed by atoms with Crippen molar-refractivity contribution in [3.8, 4) is 12.3 Å². The highest BCUT2D eigenvalue weighted by molar-refractivity contribution is 5.73. The number of carboxylic acid groups (broad SMARTS) is 1. The first kappa shape index (κ1) is 11.0. The molecule has 0 fully saturated rings. The molecule has 0 saturated heterocycles. The maximum atomic E-state index is 10.6. The summed E-state index contributed by atoms with van der Waals surface area (Å²) < 4.78 is 0. The Labute approximate surface area is 73.2 Å². The summed E-state index contributed by atoms with van der Waals surface area (Å²) in [5.74, 6) is 1.53. The molecule has 0 aliphatic rings. The molecule has 0 radical (unpaired) electrons. The number of hydrogen-bond donors (Lipinski definition) is 2. The normalized spacial score (nSPS) is 12.0. The van der Waals surface area contributed by atoms with Crippen LogP contribution >= 0.6 is 0 Å². The molecule has 2 N–H and O–H groups in total. The molecule has 0 bridgehead atoms. The summed E-state index contributed by atoms with van der Waals surface area (Å²) >= 11 is 0. The third kappa shape index (κ3) is 4.75. The van der Waals surface area contributed by atoms with E-state index in [1.165, 1.54) is 0 Å². The Kier molecular flexibility index (Phi) is 6.12. The summed E-state index contributed by atoms with van der Waals surface area (Å²) in [6.07, 6.45) is 7.56. The number of unbranched alkanes of at least 4 members (excludes halogenated alkanes) is 1. The highest BCUT2D eigenvalue weighted by Crippen LogP contribution is 1.99. The zero-order valence-electron chi connectivity index (χ0n) is 7.34. The van der Waals surface area contributed by atoms with Gasteiger partial charge < -0.3 is 5.11 Å². The van der Waals surface area contributed by atoms with Gasteiger partial charge in [0.15, 0.2) is 0 Å². The van der Waals surface area contributed by atoms with Crippen LogP contribution in [0, 0.1) is 12.3 Å². The Morgan fingerprint density at radius 2 is 2.42 bits per heavy atom. The Morgan fingerprint density at radius 3 is 2.83 bits per heavy atom. The lowest BCUT2D eigenvalue weighted by Crippen LogP contribution is -2.36. The van der Waals surface area contributed by atoms with Crippen molar-refractivity contribution in [1.82, 2.24) is 5.32 Å². The summed E-state index contributed by atoms with van der Waals surface area (Å²) in [5.41, 5.74) is 0. The van der Waals surface area contributed by atoms with Gasteiger partial charge in [-0.2, -0.15) is 0 Å². The van der Waals surface area contributed by atoms with Gasteiger partial charge in [-0.15, -0.1) is 6.42 Å². The van der Waals surface area contributed by atoms with Crippen molar-refractivity contribution in [2.24, 2.45) is 0 Å². The maximum absolute atomic E-state index is 10.6. The maximum Gasteiger partial charge on any atom is 0.320 e. The molecule has 0 rings (SSSR count). The van der Waals surface area contributed by atoms with Crippen molar-refractivity contribution < 1.29 is 9.90 Å². The average molecular weight is 169 g/mol. The van der Waals surface area contributed by atoms with Gasteiger partial charge in [0.05, 0.1) is 6.54 Å². The summed E-state index contributed by atoms with van der Waals surface area (Å²) in [7, 11) is 0. The van der Waals surface area contributed by atoms with E-state index < -0.39 is 12.0 Å². The fourth-order valence-corrected chi connectivity index (χ4v) is 0.903. The SMILES string of the molecule is C#CCNC(CCCC)C(=O)O. The van der Waals surface area contributed by atoms with Gasteiger partial charge in [-0.25, -0.2) is 0 Å². The van der Waals surface area contributed by atoms with E-state index in [0.717, 1.165) is 12.8 Å². The van der Waals surface area contributed by atoms with Crippen LogP contribution in [0.4, 0.5) is 0 Å². The quantitative estimate of drug-likeness (QED) is 0.580. The van der Waals surface area contributed by atoms with E-state index in [1.807, 2.05) is 6.92 Å². The Hall–Kier alpha value is -1.01. The number of rotatable bonds is 6. The van der Waals surface area contributed by atoms with Gasteiger partial charge in [0.1, 0.15) is 6.04 Å². The van der Waals surface area contributed by atoms with Gasteiger partial charge in [0, 0.05) is 0 Å². The van der Waals surface area contributed by atoms with Gasteiger partial charge in [-0.3, -0.25) is 10.1 Å². The third-order valence-corrected chi connectivity index (χ3v) is 1.59. The van der Waals surface area contributed by atoms with E-state index in [9.17, 15) is 4.79 Å². The summed E-state index contributed by atoms with van der Waals surface area (Å²) in [4.78, 5) is 10.6. The fourth-order valence-electron chi connectivity index (χ4n) is 0.903. The molecule has 0 heterocycles. The highest BCUT2D eigenvalue weighted by Gasteiger charge is 2.14. The predicted molar refractivity (Wildman–Crippen MR) is 47.8 cm³/mol. The van der Waals surface area contributed by atoms with Crippen LogP contribution in [0.3, 0.4) is 0 Å². The average Bonchev–Trinajstić information content (AvgIpc) is 2.04. The second kappa shape index (κ2) is 6.68.